The molecule has 0 spiro atoms. The van der Waals surface area contributed by atoms with Gasteiger partial charge >= 0.3 is 0 Å². The molecule has 0 nitrogen and oxygen atoms in total. The van der Waals surface area contributed by atoms with E-state index in [9.17, 15) is 0 Å². The molecule has 0 aliphatic heterocycles. The molecule has 4 heterocycles. The van der Waals surface area contributed by atoms with E-state index in [-0.39, 0.29) is 0 Å². The summed E-state index contributed by atoms with van der Waals surface area (Å²) in [5, 5.41) is 0. The summed E-state index contributed by atoms with van der Waals surface area (Å²) >= 11 is 14.7. The van der Waals surface area contributed by atoms with Crippen molar-refractivity contribution < 1.29 is 0 Å². The zero-order valence-corrected chi connectivity index (χ0v) is 18.1. The number of hydrogen-bond acceptors (Lipinski definition) is 4. The van der Waals surface area contributed by atoms with Gasteiger partial charge in [-0.1, -0.05) is 0 Å². The highest BCUT2D eigenvalue weighted by molar-refractivity contribution is 9.11. The van der Waals surface area contributed by atoms with Gasteiger partial charge in [0.2, 0.25) is 0 Å². The van der Waals surface area contributed by atoms with Crippen LogP contribution in [-0.2, 0) is 0 Å². The molecule has 4 aromatic rings. The van der Waals surface area contributed by atoms with Crippen molar-refractivity contribution in [2.45, 2.75) is 13.8 Å². The molecule has 4 aromatic heterocycles. The van der Waals surface area contributed by atoms with Crippen molar-refractivity contribution in [3.05, 3.63) is 43.0 Å². The Bertz CT molecular complexity index is 837. The second-order valence-corrected chi connectivity index (χ2v) is 12.0. The lowest BCUT2D eigenvalue weighted by atomic mass is 10.3. The third kappa shape index (κ3) is 2.68. The van der Waals surface area contributed by atoms with Crippen LogP contribution in [0.3, 0.4) is 0 Å². The predicted octanol–water partition coefficient (Wildman–Crippen LogP) is 8.56. The third-order valence-electron chi connectivity index (χ3n) is 3.41. The Morgan fingerprint density at radius 2 is 0.955 bits per heavy atom. The van der Waals surface area contributed by atoms with Gasteiger partial charge in [0.1, 0.15) is 0 Å². The number of fused-ring (bicyclic) bond motifs is 1. The molecule has 6 heteroatoms. The largest absolute Gasteiger partial charge is 0.133 e. The van der Waals surface area contributed by atoms with Gasteiger partial charge in [-0.05, 0) is 81.1 Å². The molecule has 0 aliphatic rings. The van der Waals surface area contributed by atoms with Crippen LogP contribution in [0.5, 0.6) is 0 Å². The Labute approximate surface area is 161 Å². The van der Waals surface area contributed by atoms with Gasteiger partial charge in [0.15, 0.2) is 0 Å². The maximum atomic E-state index is 3.62. The monoisotopic (exact) mass is 488 g/mol. The van der Waals surface area contributed by atoms with Gasteiger partial charge in [-0.25, -0.2) is 0 Å². The highest BCUT2D eigenvalue weighted by atomic mass is 79.9. The zero-order chi connectivity index (χ0) is 15.4. The van der Waals surface area contributed by atoms with E-state index in [0.717, 1.165) is 0 Å². The lowest BCUT2D eigenvalue weighted by molar-refractivity contribution is 1.53. The van der Waals surface area contributed by atoms with Crippen LogP contribution >= 0.6 is 77.2 Å². The number of aryl methyl sites for hydroxylation is 2. The number of thiophene rings is 4. The number of hydrogen-bond donors (Lipinski definition) is 0. The van der Waals surface area contributed by atoms with Crippen LogP contribution in [-0.4, -0.2) is 0 Å². The minimum Gasteiger partial charge on any atom is -0.133 e. The van der Waals surface area contributed by atoms with E-state index in [2.05, 4.69) is 70.0 Å². The molecule has 0 saturated carbocycles. The topological polar surface area (TPSA) is 0 Å². The maximum Gasteiger partial charge on any atom is 0.0734 e. The normalized spacial score (nSPS) is 11.6. The lowest BCUT2D eigenvalue weighted by Gasteiger charge is -1.90. The summed E-state index contributed by atoms with van der Waals surface area (Å²) in [6, 6.07) is 9.21. The Hall–Kier alpha value is 0.0200. The first-order chi connectivity index (χ1) is 10.5. The zero-order valence-electron chi connectivity index (χ0n) is 11.7. The molecule has 0 bridgehead atoms. The first-order valence-corrected chi connectivity index (χ1v) is 11.4. The van der Waals surface area contributed by atoms with Crippen LogP contribution in [0.15, 0.2) is 31.8 Å². The highest BCUT2D eigenvalue weighted by Gasteiger charge is 2.14. The van der Waals surface area contributed by atoms with Crippen molar-refractivity contribution in [2.24, 2.45) is 0 Å². The summed E-state index contributed by atoms with van der Waals surface area (Å²) in [5.74, 6) is 0. The Kier molecular flexibility index (Phi) is 4.12. The van der Waals surface area contributed by atoms with Gasteiger partial charge < -0.3 is 0 Å². The Morgan fingerprint density at radius 1 is 0.591 bits per heavy atom. The summed E-state index contributed by atoms with van der Waals surface area (Å²) in [4.78, 5) is 5.45. The average Bonchev–Trinajstić information content (AvgIpc) is 3.16. The first-order valence-electron chi connectivity index (χ1n) is 6.57. The van der Waals surface area contributed by atoms with Gasteiger partial charge in [0.05, 0.1) is 7.57 Å². The van der Waals surface area contributed by atoms with Crippen molar-refractivity contribution in [2.75, 3.05) is 0 Å². The molecule has 4 rings (SSSR count). The maximum absolute atomic E-state index is 3.62. The second kappa shape index (κ2) is 5.83. The molecule has 0 fully saturated rings. The van der Waals surface area contributed by atoms with Crippen LogP contribution in [0.4, 0.5) is 0 Å². The lowest BCUT2D eigenvalue weighted by Crippen LogP contribution is -1.62. The second-order valence-electron chi connectivity index (χ2n) is 5.08. The standard InChI is InChI=1S/C16H10Br2S4/c1-7-3-9(21-15(7)17)11-5-13-14(19-11)6-12(20-13)10-4-8(2)16(18)22-10/h3-6H,1-2H3. The van der Waals surface area contributed by atoms with E-state index < -0.39 is 0 Å². The average molecular weight is 490 g/mol. The Morgan fingerprint density at radius 3 is 1.27 bits per heavy atom. The SMILES string of the molecule is Cc1cc(-c2cc3sc(-c4cc(C)c(Br)s4)cc3s2)sc1Br. The van der Waals surface area contributed by atoms with Crippen LogP contribution in [0, 0.1) is 13.8 Å². The summed E-state index contributed by atoms with van der Waals surface area (Å²) in [6.45, 7) is 4.30. The van der Waals surface area contributed by atoms with E-state index >= 15 is 0 Å². The van der Waals surface area contributed by atoms with Crippen LogP contribution in [0.2, 0.25) is 0 Å². The third-order valence-corrected chi connectivity index (χ3v) is 10.4. The van der Waals surface area contributed by atoms with E-state index in [4.69, 9.17) is 0 Å². The first kappa shape index (κ1) is 15.5. The van der Waals surface area contributed by atoms with Crippen LogP contribution < -0.4 is 0 Å². The molecule has 0 unspecified atom stereocenters. The van der Waals surface area contributed by atoms with Crippen LogP contribution in [0.25, 0.3) is 28.9 Å². The molecular formula is C16H10Br2S4. The van der Waals surface area contributed by atoms with Crippen molar-refractivity contribution in [3.63, 3.8) is 0 Å². The quantitative estimate of drug-likeness (QED) is 0.264. The van der Waals surface area contributed by atoms with Gasteiger partial charge in [-0.3, -0.25) is 0 Å². The van der Waals surface area contributed by atoms with Gasteiger partial charge in [-0.2, -0.15) is 0 Å². The van der Waals surface area contributed by atoms with E-state index in [1.165, 1.54) is 47.6 Å². The summed E-state index contributed by atoms with van der Waals surface area (Å²) in [6.07, 6.45) is 0. The number of halogens is 2. The molecule has 22 heavy (non-hydrogen) atoms. The van der Waals surface area contributed by atoms with E-state index in [1.807, 2.05) is 45.3 Å². The molecule has 0 aromatic carbocycles. The van der Waals surface area contributed by atoms with Crippen molar-refractivity contribution in [1.29, 1.82) is 0 Å². The number of rotatable bonds is 2. The van der Waals surface area contributed by atoms with Crippen molar-refractivity contribution in [1.82, 2.24) is 0 Å². The van der Waals surface area contributed by atoms with Crippen LogP contribution in [0.1, 0.15) is 11.1 Å². The molecule has 0 amide bonds. The fourth-order valence-electron chi connectivity index (χ4n) is 2.24. The summed E-state index contributed by atoms with van der Waals surface area (Å²) in [5.41, 5.74) is 2.63. The molecule has 0 saturated heterocycles. The molecule has 0 N–H and O–H groups in total. The molecular weight excluding hydrogens is 480 g/mol. The van der Waals surface area contributed by atoms with Crippen molar-refractivity contribution in [3.8, 4) is 19.5 Å². The fourth-order valence-corrected chi connectivity index (χ4v) is 7.85. The molecule has 0 radical (unpaired) electrons. The minimum absolute atomic E-state index is 1.24. The van der Waals surface area contributed by atoms with Gasteiger partial charge in [0, 0.05) is 28.9 Å². The highest BCUT2D eigenvalue weighted by Crippen LogP contribution is 2.46. The van der Waals surface area contributed by atoms with E-state index in [1.54, 1.807) is 0 Å². The van der Waals surface area contributed by atoms with Gasteiger partial charge in [-0.15, -0.1) is 45.3 Å². The fraction of sp³-hybridized carbons (Fsp3) is 0.125. The van der Waals surface area contributed by atoms with Crippen molar-refractivity contribution >= 4 is 86.6 Å². The molecule has 112 valence electrons. The van der Waals surface area contributed by atoms with E-state index in [0.29, 0.717) is 0 Å². The summed E-state index contributed by atoms with van der Waals surface area (Å²) < 4.78 is 5.25. The van der Waals surface area contributed by atoms with Gasteiger partial charge in [0.25, 0.3) is 0 Å². The molecule has 0 aliphatic carbocycles. The minimum atomic E-state index is 1.24. The predicted molar refractivity (Wildman–Crippen MR) is 111 cm³/mol. The smallest absolute Gasteiger partial charge is 0.0734 e. The summed E-state index contributed by atoms with van der Waals surface area (Å²) in [7, 11) is 0. The molecule has 0 atom stereocenters. The Balaban J connectivity index is 1.76.